The van der Waals surface area contributed by atoms with Crippen LogP contribution in [0.15, 0.2) is 97.1 Å². The second-order valence-electron chi connectivity index (χ2n) is 13.6. The van der Waals surface area contributed by atoms with E-state index >= 15 is 0 Å². The fourth-order valence-corrected chi connectivity index (χ4v) is 5.75. The van der Waals surface area contributed by atoms with Crippen molar-refractivity contribution in [3.05, 3.63) is 108 Å². The molecule has 0 amide bonds. The van der Waals surface area contributed by atoms with Crippen LogP contribution in [0.1, 0.15) is 37.8 Å². The maximum absolute atomic E-state index is 5.86. The molecule has 0 N–H and O–H groups in total. The summed E-state index contributed by atoms with van der Waals surface area (Å²) in [4.78, 5) is 0. The molecule has 0 bridgehead atoms. The second-order valence-corrected chi connectivity index (χ2v) is 13.6. The van der Waals surface area contributed by atoms with Gasteiger partial charge in [0.2, 0.25) is 0 Å². The fourth-order valence-electron chi connectivity index (χ4n) is 5.75. The first-order chi connectivity index (χ1) is 25.6. The molecule has 52 heavy (non-hydrogen) atoms. The van der Waals surface area contributed by atoms with Crippen molar-refractivity contribution in [1.82, 2.24) is 0 Å². The minimum absolute atomic E-state index is 0.242. The van der Waals surface area contributed by atoms with Gasteiger partial charge in [-0.2, -0.15) is 0 Å². The van der Waals surface area contributed by atoms with Crippen molar-refractivity contribution in [2.75, 3.05) is 66.1 Å². The van der Waals surface area contributed by atoms with Gasteiger partial charge in [0, 0.05) is 0 Å². The smallest absolute Gasteiger partial charge is 0.119 e. The number of benzene rings is 4. The van der Waals surface area contributed by atoms with Crippen molar-refractivity contribution >= 4 is 0 Å². The van der Waals surface area contributed by atoms with E-state index in [1.807, 2.05) is 24.3 Å². The van der Waals surface area contributed by atoms with Gasteiger partial charge in [-0.3, -0.25) is 0 Å². The molecule has 2 heterocycles. The number of aryl methyl sites for hydroxylation is 2. The average molecular weight is 711 g/mol. The molecule has 0 spiro atoms. The standard InChI is InChI=1S/C44H54O8/c1-33(49-29-43-31-51-43)3-5-35-7-11-37(12-8-35)39-15-19-41(20-16-39)47-27-25-45-23-24-46-26-28-48-42-21-17-40(18-22-42)38-13-9-36(10-14-38)6-4-34(2)50-30-44-32-52-44/h7-22,33-34,43-44H,3-6,23-32H2,1-2H3. The molecule has 2 aliphatic heterocycles. The maximum Gasteiger partial charge on any atom is 0.119 e. The lowest BCUT2D eigenvalue weighted by atomic mass is 10.0. The van der Waals surface area contributed by atoms with Crippen LogP contribution in [-0.4, -0.2) is 90.5 Å². The van der Waals surface area contributed by atoms with Gasteiger partial charge in [0.05, 0.1) is 65.1 Å². The van der Waals surface area contributed by atoms with Gasteiger partial charge in [-0.15, -0.1) is 0 Å². The molecule has 0 radical (unpaired) electrons. The van der Waals surface area contributed by atoms with Crippen LogP contribution in [-0.2, 0) is 41.3 Å². The Balaban J connectivity index is 0.769. The van der Waals surface area contributed by atoms with E-state index in [-0.39, 0.29) is 12.2 Å². The van der Waals surface area contributed by atoms with Crippen LogP contribution in [0.25, 0.3) is 22.3 Å². The molecule has 4 aromatic rings. The van der Waals surface area contributed by atoms with E-state index in [0.717, 1.165) is 50.4 Å². The number of hydrogen-bond donors (Lipinski definition) is 0. The number of rotatable bonds is 25. The summed E-state index contributed by atoms with van der Waals surface area (Å²) in [5, 5.41) is 0. The predicted molar refractivity (Wildman–Crippen MR) is 203 cm³/mol. The first-order valence-corrected chi connectivity index (χ1v) is 18.8. The Morgan fingerprint density at radius 1 is 0.481 bits per heavy atom. The monoisotopic (exact) mass is 710 g/mol. The van der Waals surface area contributed by atoms with E-state index in [1.54, 1.807) is 0 Å². The SMILES string of the molecule is CC(CCc1ccc(-c2ccc(OCCOCCOCCOc3ccc(-c4ccc(CCC(C)OCC5CO5)cc4)cc3)cc2)cc1)OCC1CO1. The third kappa shape index (κ3) is 13.7. The Morgan fingerprint density at radius 3 is 1.15 bits per heavy atom. The Hall–Kier alpha value is -3.76. The molecule has 4 atom stereocenters. The summed E-state index contributed by atoms with van der Waals surface area (Å²) in [5.74, 6) is 1.66. The minimum atomic E-state index is 0.242. The molecule has 8 nitrogen and oxygen atoms in total. The summed E-state index contributed by atoms with van der Waals surface area (Å²) < 4.78 is 45.2. The summed E-state index contributed by atoms with van der Waals surface area (Å²) in [6.45, 7) is 10.4. The molecule has 4 unspecified atom stereocenters. The third-order valence-corrected chi connectivity index (χ3v) is 9.27. The van der Waals surface area contributed by atoms with Gasteiger partial charge in [-0.1, -0.05) is 72.8 Å². The van der Waals surface area contributed by atoms with Crippen LogP contribution >= 0.6 is 0 Å². The second kappa shape index (κ2) is 20.5. The molecule has 0 saturated carbocycles. The molecule has 278 valence electrons. The highest BCUT2D eigenvalue weighted by molar-refractivity contribution is 5.65. The first-order valence-electron chi connectivity index (χ1n) is 18.8. The number of ether oxygens (including phenoxy) is 8. The molecule has 0 aromatic heterocycles. The van der Waals surface area contributed by atoms with Crippen LogP contribution in [0, 0.1) is 0 Å². The van der Waals surface area contributed by atoms with E-state index in [9.17, 15) is 0 Å². The third-order valence-electron chi connectivity index (χ3n) is 9.27. The van der Waals surface area contributed by atoms with Crippen LogP contribution in [0.5, 0.6) is 11.5 Å². The summed E-state index contributed by atoms with van der Waals surface area (Å²) in [5.41, 5.74) is 7.36. The van der Waals surface area contributed by atoms with E-state index in [4.69, 9.17) is 37.9 Å². The van der Waals surface area contributed by atoms with Crippen molar-refractivity contribution in [3.63, 3.8) is 0 Å². The highest BCUT2D eigenvalue weighted by Crippen LogP contribution is 2.25. The number of epoxide rings is 2. The van der Waals surface area contributed by atoms with Gasteiger partial charge in [0.25, 0.3) is 0 Å². The highest BCUT2D eigenvalue weighted by atomic mass is 16.6. The van der Waals surface area contributed by atoms with E-state index in [2.05, 4.69) is 86.6 Å². The quantitative estimate of drug-likeness (QED) is 0.0506. The molecule has 2 saturated heterocycles. The fraction of sp³-hybridized carbons (Fsp3) is 0.455. The predicted octanol–water partition coefficient (Wildman–Crippen LogP) is 7.98. The zero-order valence-electron chi connectivity index (χ0n) is 30.7. The van der Waals surface area contributed by atoms with Crippen molar-refractivity contribution in [3.8, 4) is 33.8 Å². The molecule has 8 heteroatoms. The maximum atomic E-state index is 5.86. The van der Waals surface area contributed by atoms with Gasteiger partial charge in [-0.05, 0) is 97.2 Å². The largest absolute Gasteiger partial charge is 0.491 e. The molecule has 2 aliphatic rings. The first kappa shape index (κ1) is 38.0. The zero-order chi connectivity index (χ0) is 35.8. The lowest BCUT2D eigenvalue weighted by Crippen LogP contribution is -2.13. The Morgan fingerprint density at radius 2 is 0.808 bits per heavy atom. The summed E-state index contributed by atoms with van der Waals surface area (Å²) in [7, 11) is 0. The molecular formula is C44H54O8. The Labute approximate surface area is 309 Å². The van der Waals surface area contributed by atoms with Gasteiger partial charge < -0.3 is 37.9 Å². The highest BCUT2D eigenvalue weighted by Gasteiger charge is 2.24. The average Bonchev–Trinajstić information content (AvgIpc) is 4.13. The van der Waals surface area contributed by atoms with Crippen LogP contribution in [0.3, 0.4) is 0 Å². The lowest BCUT2D eigenvalue weighted by Gasteiger charge is -2.12. The minimum Gasteiger partial charge on any atom is -0.491 e. The molecular weight excluding hydrogens is 656 g/mol. The normalized spacial score (nSPS) is 17.4. The molecule has 6 rings (SSSR count). The summed E-state index contributed by atoms with van der Waals surface area (Å²) >= 11 is 0. The van der Waals surface area contributed by atoms with Gasteiger partial charge in [0.1, 0.15) is 36.9 Å². The van der Waals surface area contributed by atoms with E-state index in [1.165, 1.54) is 33.4 Å². The summed E-state index contributed by atoms with van der Waals surface area (Å²) in [6, 6.07) is 33.9. The Kier molecular flexibility index (Phi) is 15.0. The number of hydrogen-bond acceptors (Lipinski definition) is 8. The van der Waals surface area contributed by atoms with Crippen molar-refractivity contribution in [1.29, 1.82) is 0 Å². The van der Waals surface area contributed by atoms with Crippen molar-refractivity contribution < 1.29 is 37.9 Å². The van der Waals surface area contributed by atoms with Gasteiger partial charge >= 0.3 is 0 Å². The van der Waals surface area contributed by atoms with Crippen LogP contribution in [0.4, 0.5) is 0 Å². The topological polar surface area (TPSA) is 80.4 Å². The molecule has 0 aliphatic carbocycles. The van der Waals surface area contributed by atoms with E-state index in [0.29, 0.717) is 65.1 Å². The zero-order valence-corrected chi connectivity index (χ0v) is 30.7. The molecule has 4 aromatic carbocycles. The van der Waals surface area contributed by atoms with Gasteiger partial charge in [0.15, 0.2) is 0 Å². The van der Waals surface area contributed by atoms with Crippen molar-refractivity contribution in [2.24, 2.45) is 0 Å². The van der Waals surface area contributed by atoms with Gasteiger partial charge in [-0.25, -0.2) is 0 Å². The van der Waals surface area contributed by atoms with Crippen LogP contribution < -0.4 is 9.47 Å². The molecule has 2 fully saturated rings. The summed E-state index contributed by atoms with van der Waals surface area (Å²) in [6.07, 6.45) is 5.14. The van der Waals surface area contributed by atoms with Crippen molar-refractivity contribution in [2.45, 2.75) is 63.9 Å². The Bertz CT molecular complexity index is 1440. The lowest BCUT2D eigenvalue weighted by molar-refractivity contribution is 0.0273. The van der Waals surface area contributed by atoms with Crippen LogP contribution in [0.2, 0.25) is 0 Å². The van der Waals surface area contributed by atoms with E-state index < -0.39 is 0 Å².